The average molecular weight is 297 g/mol. The van der Waals surface area contributed by atoms with Gasteiger partial charge in [0.15, 0.2) is 0 Å². The van der Waals surface area contributed by atoms with E-state index in [-0.39, 0.29) is 12.1 Å². The van der Waals surface area contributed by atoms with Crippen LogP contribution in [0.15, 0.2) is 0 Å². The van der Waals surface area contributed by atoms with Crippen LogP contribution in [0.5, 0.6) is 0 Å². The van der Waals surface area contributed by atoms with E-state index >= 15 is 0 Å². The highest BCUT2D eigenvalue weighted by Gasteiger charge is 2.29. The van der Waals surface area contributed by atoms with Crippen LogP contribution in [0.25, 0.3) is 0 Å². The fourth-order valence-electron chi connectivity index (χ4n) is 2.69. The molecule has 2 fully saturated rings. The van der Waals surface area contributed by atoms with E-state index in [0.29, 0.717) is 26.2 Å². The topological polar surface area (TPSA) is 53.1 Å². The lowest BCUT2D eigenvalue weighted by Crippen LogP contribution is -2.55. The van der Waals surface area contributed by atoms with Gasteiger partial charge in [-0.15, -0.1) is 0 Å². The highest BCUT2D eigenvalue weighted by Crippen LogP contribution is 2.15. The Morgan fingerprint density at radius 3 is 1.76 bits per heavy atom. The Morgan fingerprint density at radius 1 is 0.762 bits per heavy atom. The Balaban J connectivity index is 1.80. The monoisotopic (exact) mass is 297 g/mol. The van der Waals surface area contributed by atoms with Crippen molar-refractivity contribution in [3.05, 3.63) is 0 Å². The van der Waals surface area contributed by atoms with E-state index in [1.165, 1.54) is 6.42 Å². The highest BCUT2D eigenvalue weighted by molar-refractivity contribution is 5.75. The Morgan fingerprint density at radius 2 is 1.24 bits per heavy atom. The molecule has 2 aliphatic rings. The standard InChI is InChI=1S/C15H27N3O3/c1-15(2,3)21-14(20)18-11-9-17(10-12-18)13(19)16-7-5-4-6-8-16/h4-12H2,1-3H3. The number of nitrogens with zero attached hydrogens (tertiary/aromatic N) is 3. The first-order valence-corrected chi connectivity index (χ1v) is 7.88. The van der Waals surface area contributed by atoms with Gasteiger partial charge in [0.05, 0.1) is 0 Å². The molecule has 0 spiro atoms. The second-order valence-corrected chi connectivity index (χ2v) is 6.78. The number of hydrogen-bond acceptors (Lipinski definition) is 3. The van der Waals surface area contributed by atoms with Gasteiger partial charge in [-0.1, -0.05) is 0 Å². The summed E-state index contributed by atoms with van der Waals surface area (Å²) in [6, 6.07) is 0.124. The molecule has 2 saturated heterocycles. The van der Waals surface area contributed by atoms with Gasteiger partial charge in [-0.2, -0.15) is 0 Å². The SMILES string of the molecule is CC(C)(C)OC(=O)N1CCN(C(=O)N2CCCCC2)CC1. The van der Waals surface area contributed by atoms with Crippen molar-refractivity contribution >= 4 is 12.1 Å². The zero-order chi connectivity index (χ0) is 15.5. The van der Waals surface area contributed by atoms with Crippen LogP contribution < -0.4 is 0 Å². The zero-order valence-corrected chi connectivity index (χ0v) is 13.4. The number of rotatable bonds is 0. The lowest BCUT2D eigenvalue weighted by molar-refractivity contribution is 0.0155. The molecule has 2 heterocycles. The molecule has 0 aromatic rings. The fourth-order valence-corrected chi connectivity index (χ4v) is 2.69. The summed E-state index contributed by atoms with van der Waals surface area (Å²) in [5, 5.41) is 0. The number of urea groups is 1. The highest BCUT2D eigenvalue weighted by atomic mass is 16.6. The van der Waals surface area contributed by atoms with Gasteiger partial charge in [0.1, 0.15) is 5.60 Å². The third-order valence-electron chi connectivity index (χ3n) is 3.83. The molecule has 0 radical (unpaired) electrons. The Bertz CT molecular complexity index is 378. The molecule has 0 aromatic heterocycles. The average Bonchev–Trinajstić information content (AvgIpc) is 2.46. The molecule has 0 unspecified atom stereocenters. The maximum atomic E-state index is 12.4. The number of likely N-dealkylation sites (tertiary alicyclic amines) is 1. The van der Waals surface area contributed by atoms with Gasteiger partial charge in [-0.3, -0.25) is 0 Å². The van der Waals surface area contributed by atoms with Crippen LogP contribution in [-0.4, -0.2) is 71.7 Å². The third-order valence-corrected chi connectivity index (χ3v) is 3.83. The van der Waals surface area contributed by atoms with Gasteiger partial charge in [0.2, 0.25) is 0 Å². The predicted octanol–water partition coefficient (Wildman–Crippen LogP) is 2.15. The van der Waals surface area contributed by atoms with E-state index in [1.54, 1.807) is 4.90 Å². The summed E-state index contributed by atoms with van der Waals surface area (Å²) in [6.45, 7) is 9.60. The zero-order valence-electron chi connectivity index (χ0n) is 13.4. The van der Waals surface area contributed by atoms with E-state index in [0.717, 1.165) is 25.9 Å². The quantitative estimate of drug-likeness (QED) is 0.688. The first kappa shape index (κ1) is 15.9. The van der Waals surface area contributed by atoms with Gasteiger partial charge >= 0.3 is 12.1 Å². The van der Waals surface area contributed by atoms with Crippen molar-refractivity contribution < 1.29 is 14.3 Å². The van der Waals surface area contributed by atoms with E-state index in [1.807, 2.05) is 30.6 Å². The first-order chi connectivity index (χ1) is 9.87. The summed E-state index contributed by atoms with van der Waals surface area (Å²) in [6.07, 6.45) is 3.14. The maximum absolute atomic E-state index is 12.4. The number of amides is 3. The summed E-state index contributed by atoms with van der Waals surface area (Å²) >= 11 is 0. The summed E-state index contributed by atoms with van der Waals surface area (Å²) in [5.41, 5.74) is -0.474. The fraction of sp³-hybridized carbons (Fsp3) is 0.867. The predicted molar refractivity (Wildman–Crippen MR) is 80.2 cm³/mol. The van der Waals surface area contributed by atoms with Crippen molar-refractivity contribution in [2.24, 2.45) is 0 Å². The van der Waals surface area contributed by atoms with E-state index in [2.05, 4.69) is 0 Å². The Labute approximate surface area is 127 Å². The number of carbonyl (C=O) groups is 2. The van der Waals surface area contributed by atoms with Gasteiger partial charge in [-0.05, 0) is 40.0 Å². The van der Waals surface area contributed by atoms with Gasteiger partial charge in [-0.25, -0.2) is 9.59 Å². The van der Waals surface area contributed by atoms with E-state index in [9.17, 15) is 9.59 Å². The molecule has 3 amide bonds. The van der Waals surface area contributed by atoms with E-state index in [4.69, 9.17) is 4.74 Å². The number of carbonyl (C=O) groups excluding carboxylic acids is 2. The molecule has 0 atom stereocenters. The lowest BCUT2D eigenvalue weighted by atomic mass is 10.1. The summed E-state index contributed by atoms with van der Waals surface area (Å²) in [4.78, 5) is 29.8. The van der Waals surface area contributed by atoms with Crippen molar-refractivity contribution in [2.75, 3.05) is 39.3 Å². The smallest absolute Gasteiger partial charge is 0.410 e. The molecule has 21 heavy (non-hydrogen) atoms. The molecule has 0 aliphatic carbocycles. The second-order valence-electron chi connectivity index (χ2n) is 6.78. The van der Waals surface area contributed by atoms with Crippen LogP contribution in [0, 0.1) is 0 Å². The number of piperazine rings is 1. The minimum atomic E-state index is -0.474. The molecular weight excluding hydrogens is 270 g/mol. The van der Waals surface area contributed by atoms with Crippen LogP contribution in [-0.2, 0) is 4.74 Å². The molecule has 6 heteroatoms. The molecule has 0 bridgehead atoms. The van der Waals surface area contributed by atoms with Crippen molar-refractivity contribution in [3.63, 3.8) is 0 Å². The normalized spacial score (nSPS) is 20.4. The van der Waals surface area contributed by atoms with Crippen LogP contribution >= 0.6 is 0 Å². The molecule has 2 aliphatic heterocycles. The molecule has 0 aromatic carbocycles. The molecule has 2 rings (SSSR count). The van der Waals surface area contributed by atoms with Crippen molar-refractivity contribution in [3.8, 4) is 0 Å². The van der Waals surface area contributed by atoms with Crippen LogP contribution in [0.1, 0.15) is 40.0 Å². The molecule has 0 N–H and O–H groups in total. The van der Waals surface area contributed by atoms with Crippen LogP contribution in [0.3, 0.4) is 0 Å². The third kappa shape index (κ3) is 4.51. The van der Waals surface area contributed by atoms with Gasteiger partial charge < -0.3 is 19.4 Å². The lowest BCUT2D eigenvalue weighted by Gasteiger charge is -2.38. The van der Waals surface area contributed by atoms with Gasteiger partial charge in [0.25, 0.3) is 0 Å². The minimum absolute atomic E-state index is 0.124. The van der Waals surface area contributed by atoms with Crippen LogP contribution in [0.4, 0.5) is 9.59 Å². The van der Waals surface area contributed by atoms with Crippen LogP contribution in [0.2, 0.25) is 0 Å². The number of ether oxygens (including phenoxy) is 1. The largest absolute Gasteiger partial charge is 0.444 e. The molecule has 120 valence electrons. The Hall–Kier alpha value is -1.46. The first-order valence-electron chi connectivity index (χ1n) is 7.88. The van der Waals surface area contributed by atoms with E-state index < -0.39 is 5.60 Å². The summed E-state index contributed by atoms with van der Waals surface area (Å²) < 4.78 is 5.36. The second kappa shape index (κ2) is 6.54. The Kier molecular flexibility index (Phi) is 4.96. The number of piperidine rings is 1. The molecule has 0 saturated carbocycles. The van der Waals surface area contributed by atoms with Gasteiger partial charge in [0, 0.05) is 39.3 Å². The van der Waals surface area contributed by atoms with Crippen molar-refractivity contribution in [1.29, 1.82) is 0 Å². The minimum Gasteiger partial charge on any atom is -0.444 e. The molecule has 6 nitrogen and oxygen atoms in total. The maximum Gasteiger partial charge on any atom is 0.410 e. The van der Waals surface area contributed by atoms with Crippen molar-refractivity contribution in [1.82, 2.24) is 14.7 Å². The number of hydrogen-bond donors (Lipinski definition) is 0. The van der Waals surface area contributed by atoms with Crippen molar-refractivity contribution in [2.45, 2.75) is 45.6 Å². The molecular formula is C15H27N3O3. The summed E-state index contributed by atoms with van der Waals surface area (Å²) in [5.74, 6) is 0. The summed E-state index contributed by atoms with van der Waals surface area (Å²) in [7, 11) is 0.